The summed E-state index contributed by atoms with van der Waals surface area (Å²) in [6.45, 7) is 2.57. The van der Waals surface area contributed by atoms with Crippen molar-refractivity contribution in [1.29, 1.82) is 0 Å². The van der Waals surface area contributed by atoms with E-state index in [2.05, 4.69) is 22.3 Å². The van der Waals surface area contributed by atoms with Crippen molar-refractivity contribution in [3.63, 3.8) is 0 Å². The minimum atomic E-state index is -0.699. The number of ether oxygens (including phenoxy) is 1. The molecule has 1 heterocycles. The van der Waals surface area contributed by atoms with Gasteiger partial charge in [0.05, 0.1) is 6.61 Å². The fourth-order valence-electron chi connectivity index (χ4n) is 2.08. The number of nitrogens with two attached hydrogens (primary N) is 1. The molecule has 0 aliphatic heterocycles. The van der Waals surface area contributed by atoms with Crippen molar-refractivity contribution >= 4 is 5.91 Å². The van der Waals surface area contributed by atoms with Crippen LogP contribution in [0.15, 0.2) is 18.2 Å². The molecule has 0 atom stereocenters. The number of aromatic amines is 1. The number of nitrogens with zero attached hydrogens (tertiary/aromatic N) is 2. The monoisotopic (exact) mass is 306 g/mol. The van der Waals surface area contributed by atoms with E-state index in [0.29, 0.717) is 12.2 Å². The summed E-state index contributed by atoms with van der Waals surface area (Å²) in [4.78, 5) is 11.3. The smallest absolute Gasteiger partial charge is 0.271 e. The molecule has 2 rings (SSSR count). The largest absolute Gasteiger partial charge is 0.490 e. The van der Waals surface area contributed by atoms with Crippen molar-refractivity contribution in [2.24, 2.45) is 5.73 Å². The Kier molecular flexibility index (Phi) is 5.46. The summed E-state index contributed by atoms with van der Waals surface area (Å²) in [5, 5.41) is 9.92. The average Bonchev–Trinajstić information content (AvgIpc) is 2.98. The molecule has 1 aromatic carbocycles. The lowest BCUT2D eigenvalue weighted by Crippen LogP contribution is -2.12. The third-order valence-electron chi connectivity index (χ3n) is 3.24. The van der Waals surface area contributed by atoms with Crippen molar-refractivity contribution in [3.05, 3.63) is 29.7 Å². The van der Waals surface area contributed by atoms with Gasteiger partial charge in [-0.15, -0.1) is 0 Å². The zero-order valence-corrected chi connectivity index (χ0v) is 12.4. The van der Waals surface area contributed by atoms with Crippen LogP contribution in [0.25, 0.3) is 11.3 Å². The van der Waals surface area contributed by atoms with E-state index in [9.17, 15) is 9.18 Å². The molecule has 0 bridgehead atoms. The van der Waals surface area contributed by atoms with E-state index in [1.165, 1.54) is 18.2 Å². The van der Waals surface area contributed by atoms with E-state index in [1.807, 2.05) is 0 Å². The normalized spacial score (nSPS) is 10.6. The molecule has 3 N–H and O–H groups in total. The van der Waals surface area contributed by atoms with Gasteiger partial charge >= 0.3 is 0 Å². The van der Waals surface area contributed by atoms with E-state index in [-0.39, 0.29) is 17.1 Å². The number of primary amides is 1. The standard InChI is InChI=1S/C15H19FN4O2/c1-2-3-4-5-8-22-12-9-10(6-7-11(12)16)13-14(15(17)21)19-20-18-13/h6-7,9H,2-5,8H2,1H3,(H2,17,21)(H,18,19,20). The lowest BCUT2D eigenvalue weighted by atomic mass is 10.1. The molecule has 6 nitrogen and oxygen atoms in total. The van der Waals surface area contributed by atoms with Crippen LogP contribution in [0.5, 0.6) is 5.75 Å². The molecule has 1 aromatic heterocycles. The van der Waals surface area contributed by atoms with Gasteiger partial charge in [0.15, 0.2) is 17.3 Å². The molecule has 0 aliphatic carbocycles. The highest BCUT2D eigenvalue weighted by atomic mass is 19.1. The maximum Gasteiger partial charge on any atom is 0.271 e. The van der Waals surface area contributed by atoms with Gasteiger partial charge in [0.25, 0.3) is 5.91 Å². The molecule has 7 heteroatoms. The van der Waals surface area contributed by atoms with Gasteiger partial charge < -0.3 is 10.5 Å². The number of hydrogen-bond acceptors (Lipinski definition) is 4. The maximum absolute atomic E-state index is 13.8. The Balaban J connectivity index is 2.12. The lowest BCUT2D eigenvalue weighted by Gasteiger charge is -2.08. The molecule has 1 amide bonds. The molecule has 0 unspecified atom stereocenters. The number of aromatic nitrogens is 3. The zero-order valence-electron chi connectivity index (χ0n) is 12.4. The van der Waals surface area contributed by atoms with Crippen molar-refractivity contribution in [2.45, 2.75) is 32.6 Å². The number of nitrogens with one attached hydrogen (secondary N) is 1. The van der Waals surface area contributed by atoms with Crippen LogP contribution in [0.4, 0.5) is 4.39 Å². The van der Waals surface area contributed by atoms with Crippen LogP contribution in [0, 0.1) is 5.82 Å². The van der Waals surface area contributed by atoms with Crippen LogP contribution < -0.4 is 10.5 Å². The SMILES string of the molecule is CCCCCCOc1cc(-c2n[nH]nc2C(N)=O)ccc1F. The molecule has 118 valence electrons. The Morgan fingerprint density at radius 1 is 1.32 bits per heavy atom. The first-order valence-electron chi connectivity index (χ1n) is 7.26. The van der Waals surface area contributed by atoms with E-state index in [0.717, 1.165) is 25.7 Å². The first kappa shape index (κ1) is 15.9. The second kappa shape index (κ2) is 7.53. The van der Waals surface area contributed by atoms with Crippen molar-refractivity contribution in [2.75, 3.05) is 6.61 Å². The van der Waals surface area contributed by atoms with Gasteiger partial charge in [-0.25, -0.2) is 4.39 Å². The third kappa shape index (κ3) is 3.81. The Morgan fingerprint density at radius 3 is 2.86 bits per heavy atom. The van der Waals surface area contributed by atoms with E-state index in [4.69, 9.17) is 10.5 Å². The molecular formula is C15H19FN4O2. The predicted molar refractivity (Wildman–Crippen MR) is 79.9 cm³/mol. The van der Waals surface area contributed by atoms with Crippen LogP contribution >= 0.6 is 0 Å². The first-order valence-corrected chi connectivity index (χ1v) is 7.26. The zero-order chi connectivity index (χ0) is 15.9. The topological polar surface area (TPSA) is 93.9 Å². The van der Waals surface area contributed by atoms with Crippen molar-refractivity contribution in [3.8, 4) is 17.0 Å². The van der Waals surface area contributed by atoms with Gasteiger partial charge in [0, 0.05) is 5.56 Å². The highest BCUT2D eigenvalue weighted by Gasteiger charge is 2.16. The predicted octanol–water partition coefficient (Wildman–Crippen LogP) is 2.67. The van der Waals surface area contributed by atoms with Crippen molar-refractivity contribution < 1.29 is 13.9 Å². The Hall–Kier alpha value is -2.44. The van der Waals surface area contributed by atoms with Crippen LogP contribution in [-0.2, 0) is 0 Å². The van der Waals surface area contributed by atoms with Gasteiger partial charge in [-0.1, -0.05) is 26.2 Å². The molecule has 0 fully saturated rings. The average molecular weight is 306 g/mol. The molecule has 0 saturated carbocycles. The van der Waals surface area contributed by atoms with Gasteiger partial charge in [-0.3, -0.25) is 4.79 Å². The fourth-order valence-corrected chi connectivity index (χ4v) is 2.08. The van der Waals surface area contributed by atoms with Crippen LogP contribution in [0.2, 0.25) is 0 Å². The summed E-state index contributed by atoms with van der Waals surface area (Å²) >= 11 is 0. The summed E-state index contributed by atoms with van der Waals surface area (Å²) < 4.78 is 19.3. The fraction of sp³-hybridized carbons (Fsp3) is 0.400. The molecule has 0 saturated heterocycles. The molecule has 0 spiro atoms. The number of unbranched alkanes of at least 4 members (excludes halogenated alkanes) is 3. The van der Waals surface area contributed by atoms with E-state index < -0.39 is 11.7 Å². The molecule has 0 aliphatic rings. The minimum absolute atomic E-state index is 0.0144. The van der Waals surface area contributed by atoms with Crippen LogP contribution in [0.1, 0.15) is 43.1 Å². The number of hydrogen-bond donors (Lipinski definition) is 2. The lowest BCUT2D eigenvalue weighted by molar-refractivity contribution is 0.0996. The molecule has 2 aromatic rings. The summed E-state index contributed by atoms with van der Waals surface area (Å²) in [6, 6.07) is 4.28. The summed E-state index contributed by atoms with van der Waals surface area (Å²) in [5.41, 5.74) is 6.04. The summed E-state index contributed by atoms with van der Waals surface area (Å²) in [6.07, 6.45) is 4.18. The molecule has 22 heavy (non-hydrogen) atoms. The van der Waals surface area contributed by atoms with Crippen LogP contribution in [-0.4, -0.2) is 27.9 Å². The quantitative estimate of drug-likeness (QED) is 0.733. The number of H-pyrrole nitrogens is 1. The highest BCUT2D eigenvalue weighted by Crippen LogP contribution is 2.26. The Bertz CT molecular complexity index is 642. The van der Waals surface area contributed by atoms with Gasteiger partial charge in [-0.2, -0.15) is 15.4 Å². The summed E-state index contributed by atoms with van der Waals surface area (Å²) in [5.74, 6) is -1.02. The van der Waals surface area contributed by atoms with Gasteiger partial charge in [0.2, 0.25) is 0 Å². The Morgan fingerprint density at radius 2 is 2.14 bits per heavy atom. The van der Waals surface area contributed by atoms with Gasteiger partial charge in [-0.05, 0) is 24.6 Å². The minimum Gasteiger partial charge on any atom is -0.490 e. The maximum atomic E-state index is 13.8. The van der Waals surface area contributed by atoms with Crippen molar-refractivity contribution in [1.82, 2.24) is 15.4 Å². The van der Waals surface area contributed by atoms with E-state index >= 15 is 0 Å². The highest BCUT2D eigenvalue weighted by molar-refractivity contribution is 5.96. The van der Waals surface area contributed by atoms with Gasteiger partial charge in [0.1, 0.15) is 5.69 Å². The third-order valence-corrected chi connectivity index (χ3v) is 3.24. The molecular weight excluding hydrogens is 287 g/mol. The van der Waals surface area contributed by atoms with E-state index in [1.54, 1.807) is 0 Å². The number of amides is 1. The first-order chi connectivity index (χ1) is 10.6. The van der Waals surface area contributed by atoms with Crippen LogP contribution in [0.3, 0.4) is 0 Å². The number of carbonyl (C=O) groups is 1. The Labute approximate surface area is 127 Å². The number of benzene rings is 1. The second-order valence-corrected chi connectivity index (χ2v) is 4.94. The summed E-state index contributed by atoms with van der Waals surface area (Å²) in [7, 11) is 0. The molecule has 0 radical (unpaired) electrons. The number of rotatable bonds is 8. The second-order valence-electron chi connectivity index (χ2n) is 4.94. The number of halogens is 1. The number of carbonyl (C=O) groups excluding carboxylic acids is 1.